The van der Waals surface area contributed by atoms with Gasteiger partial charge in [-0.2, -0.15) is 10.1 Å². The third-order valence-corrected chi connectivity index (χ3v) is 4.94. The van der Waals surface area contributed by atoms with E-state index in [1.54, 1.807) is 38.5 Å². The number of aryl methyl sites for hydroxylation is 2. The summed E-state index contributed by atoms with van der Waals surface area (Å²) in [6.07, 6.45) is 0.355. The van der Waals surface area contributed by atoms with Gasteiger partial charge in [0.1, 0.15) is 17.2 Å². The Hall–Kier alpha value is -4.14. The van der Waals surface area contributed by atoms with Crippen LogP contribution in [-0.4, -0.2) is 40.7 Å². The lowest BCUT2D eigenvalue weighted by Gasteiger charge is -2.07. The molecule has 4 aromatic rings. The summed E-state index contributed by atoms with van der Waals surface area (Å²) in [6.45, 7) is 2.84. The normalized spacial score (nSPS) is 10.8. The number of hydrogen-bond acceptors (Lipinski definition) is 8. The monoisotopic (exact) mass is 448 g/mol. The summed E-state index contributed by atoms with van der Waals surface area (Å²) >= 11 is 0. The summed E-state index contributed by atoms with van der Waals surface area (Å²) in [7, 11) is 3.15. The minimum atomic E-state index is -0.207. The zero-order valence-electron chi connectivity index (χ0n) is 18.6. The van der Waals surface area contributed by atoms with Gasteiger partial charge >= 0.3 is 0 Å². The van der Waals surface area contributed by atoms with Crippen LogP contribution in [0.25, 0.3) is 22.6 Å². The van der Waals surface area contributed by atoms with Crippen molar-refractivity contribution in [3.05, 3.63) is 70.8 Å². The summed E-state index contributed by atoms with van der Waals surface area (Å²) in [4.78, 5) is 16.8. The number of hydrogen-bond donors (Lipinski definition) is 0. The topological polar surface area (TPSA) is 102 Å². The fourth-order valence-electron chi connectivity index (χ4n) is 3.26. The number of nitrogens with zero attached hydrogens (tertiary/aromatic N) is 4. The summed E-state index contributed by atoms with van der Waals surface area (Å²) in [5, 5.41) is 8.53. The molecule has 33 heavy (non-hydrogen) atoms. The van der Waals surface area contributed by atoms with Crippen molar-refractivity contribution in [3.8, 4) is 39.9 Å². The van der Waals surface area contributed by atoms with E-state index in [4.69, 9.17) is 18.7 Å². The molecule has 0 aliphatic heterocycles. The minimum absolute atomic E-state index is 0.207. The van der Waals surface area contributed by atoms with Gasteiger partial charge in [0.25, 0.3) is 5.56 Å². The van der Waals surface area contributed by atoms with Crippen LogP contribution in [0.4, 0.5) is 0 Å². The molecule has 0 amide bonds. The number of rotatable bonds is 9. The second-order valence-electron chi connectivity index (χ2n) is 7.10. The number of ether oxygens (including phenoxy) is 3. The molecule has 170 valence electrons. The first-order chi connectivity index (χ1) is 16.1. The molecule has 0 bridgehead atoms. The molecule has 9 heteroatoms. The van der Waals surface area contributed by atoms with Gasteiger partial charge in [0, 0.05) is 29.7 Å². The second kappa shape index (κ2) is 9.99. The van der Waals surface area contributed by atoms with Gasteiger partial charge in [-0.25, -0.2) is 4.68 Å². The van der Waals surface area contributed by atoms with Gasteiger partial charge in [-0.05, 0) is 49.4 Å². The summed E-state index contributed by atoms with van der Waals surface area (Å²) in [6, 6.07) is 16.1. The van der Waals surface area contributed by atoms with Crippen LogP contribution >= 0.6 is 0 Å². The molecule has 0 aliphatic rings. The predicted octanol–water partition coefficient (Wildman–Crippen LogP) is 3.62. The predicted molar refractivity (Wildman–Crippen MR) is 122 cm³/mol. The fourth-order valence-corrected chi connectivity index (χ4v) is 3.26. The average Bonchev–Trinajstić information content (AvgIpc) is 3.33. The lowest BCUT2D eigenvalue weighted by molar-refractivity contribution is 0.340. The maximum absolute atomic E-state index is 12.3. The zero-order chi connectivity index (χ0) is 23.2. The van der Waals surface area contributed by atoms with Crippen LogP contribution in [-0.2, 0) is 13.0 Å². The highest BCUT2D eigenvalue weighted by atomic mass is 16.5. The van der Waals surface area contributed by atoms with Gasteiger partial charge in [-0.3, -0.25) is 4.79 Å². The molecule has 2 aromatic carbocycles. The van der Waals surface area contributed by atoms with Crippen molar-refractivity contribution in [2.24, 2.45) is 0 Å². The molecular formula is C24H24N4O5. The summed E-state index contributed by atoms with van der Waals surface area (Å²) < 4.78 is 22.8. The van der Waals surface area contributed by atoms with Crippen LogP contribution in [0.1, 0.15) is 12.8 Å². The Balaban J connectivity index is 1.49. The first kappa shape index (κ1) is 22.1. The summed E-state index contributed by atoms with van der Waals surface area (Å²) in [5.41, 5.74) is 2.07. The smallest absolute Gasteiger partial charge is 0.266 e. The largest absolute Gasteiger partial charge is 0.497 e. The van der Waals surface area contributed by atoms with E-state index in [0.29, 0.717) is 54.0 Å². The Bertz CT molecular complexity index is 1260. The molecule has 2 heterocycles. The Morgan fingerprint density at radius 3 is 2.30 bits per heavy atom. The van der Waals surface area contributed by atoms with Crippen LogP contribution < -0.4 is 19.8 Å². The molecule has 0 saturated heterocycles. The summed E-state index contributed by atoms with van der Waals surface area (Å²) in [5.74, 6) is 2.84. The van der Waals surface area contributed by atoms with Crippen molar-refractivity contribution < 1.29 is 18.7 Å². The van der Waals surface area contributed by atoms with E-state index in [1.165, 1.54) is 10.7 Å². The van der Waals surface area contributed by atoms with E-state index in [1.807, 2.05) is 31.2 Å². The third-order valence-electron chi connectivity index (χ3n) is 4.94. The molecule has 0 fully saturated rings. The average molecular weight is 448 g/mol. The first-order valence-electron chi connectivity index (χ1n) is 10.5. The van der Waals surface area contributed by atoms with E-state index in [2.05, 4.69) is 15.2 Å². The van der Waals surface area contributed by atoms with E-state index in [-0.39, 0.29) is 5.56 Å². The third kappa shape index (κ3) is 5.20. The van der Waals surface area contributed by atoms with E-state index in [0.717, 1.165) is 11.3 Å². The molecule has 9 nitrogen and oxygen atoms in total. The van der Waals surface area contributed by atoms with E-state index >= 15 is 0 Å². The number of aromatic nitrogens is 4. The number of methoxy groups -OCH3 is 2. The minimum Gasteiger partial charge on any atom is -0.497 e. The molecule has 0 unspecified atom stereocenters. The van der Waals surface area contributed by atoms with Gasteiger partial charge in [0.2, 0.25) is 11.7 Å². The zero-order valence-corrected chi connectivity index (χ0v) is 18.6. The molecule has 4 rings (SSSR count). The van der Waals surface area contributed by atoms with Crippen LogP contribution in [0.15, 0.2) is 63.9 Å². The van der Waals surface area contributed by atoms with Crippen molar-refractivity contribution >= 4 is 0 Å². The lowest BCUT2D eigenvalue weighted by Crippen LogP contribution is -2.23. The van der Waals surface area contributed by atoms with Crippen molar-refractivity contribution in [1.82, 2.24) is 19.9 Å². The molecule has 0 N–H and O–H groups in total. The van der Waals surface area contributed by atoms with Crippen LogP contribution in [0, 0.1) is 0 Å². The van der Waals surface area contributed by atoms with Crippen LogP contribution in [0.3, 0.4) is 0 Å². The molecule has 0 aliphatic carbocycles. The molecule has 2 aromatic heterocycles. The van der Waals surface area contributed by atoms with Gasteiger partial charge in [0.05, 0.1) is 33.1 Å². The standard InChI is InChI=1S/C24H24N4O5/c1-4-32-18-7-5-16(6-8-18)21-9-10-23(29)28(26-21)12-11-22-25-24(27-33-22)17-13-19(30-2)15-20(14-17)31-3/h5-10,13-15H,4,11-12H2,1-3H3. The Labute approximate surface area is 190 Å². The maximum Gasteiger partial charge on any atom is 0.266 e. The Morgan fingerprint density at radius 2 is 1.64 bits per heavy atom. The SMILES string of the molecule is CCOc1ccc(-c2ccc(=O)n(CCc3nc(-c4cc(OC)cc(OC)c4)no3)n2)cc1. The van der Waals surface area contributed by atoms with Gasteiger partial charge < -0.3 is 18.7 Å². The van der Waals surface area contributed by atoms with Crippen molar-refractivity contribution in [1.29, 1.82) is 0 Å². The first-order valence-corrected chi connectivity index (χ1v) is 10.5. The highest BCUT2D eigenvalue weighted by Gasteiger charge is 2.13. The van der Waals surface area contributed by atoms with Crippen LogP contribution in [0.2, 0.25) is 0 Å². The maximum atomic E-state index is 12.3. The van der Waals surface area contributed by atoms with Crippen molar-refractivity contribution in [3.63, 3.8) is 0 Å². The van der Waals surface area contributed by atoms with Crippen molar-refractivity contribution in [2.75, 3.05) is 20.8 Å². The lowest BCUT2D eigenvalue weighted by atomic mass is 10.1. The molecular weight excluding hydrogens is 424 g/mol. The van der Waals surface area contributed by atoms with Crippen molar-refractivity contribution in [2.45, 2.75) is 19.9 Å². The second-order valence-corrected chi connectivity index (χ2v) is 7.10. The van der Waals surface area contributed by atoms with E-state index < -0.39 is 0 Å². The highest BCUT2D eigenvalue weighted by Crippen LogP contribution is 2.28. The van der Waals surface area contributed by atoms with Gasteiger partial charge in [-0.15, -0.1) is 0 Å². The Morgan fingerprint density at radius 1 is 0.909 bits per heavy atom. The van der Waals surface area contributed by atoms with Gasteiger partial charge in [0.15, 0.2) is 0 Å². The van der Waals surface area contributed by atoms with Crippen LogP contribution in [0.5, 0.6) is 17.2 Å². The molecule has 0 radical (unpaired) electrons. The van der Waals surface area contributed by atoms with Gasteiger partial charge in [-0.1, -0.05) is 5.16 Å². The van der Waals surface area contributed by atoms with E-state index in [9.17, 15) is 4.79 Å². The molecule has 0 spiro atoms. The Kier molecular flexibility index (Phi) is 6.68. The molecule has 0 saturated carbocycles. The number of benzene rings is 2. The fraction of sp³-hybridized carbons (Fsp3) is 0.250. The highest BCUT2D eigenvalue weighted by molar-refractivity contribution is 5.60. The quantitative estimate of drug-likeness (QED) is 0.383. The molecule has 0 atom stereocenters.